The van der Waals surface area contributed by atoms with Crippen LogP contribution in [0.15, 0.2) is 12.4 Å². The SMILES string of the molecule is Cn1ncc(-c2nc(NC3CCC(N(CC(=O)NCCNC(=O)OC(C)(C)C)C(=O)O)CC3)ncc2Cl)c1CC1CC1. The fourth-order valence-corrected chi connectivity index (χ4v) is 5.28. The maximum atomic E-state index is 12.4. The molecule has 4 rings (SSSR count). The third-order valence-corrected chi connectivity index (χ3v) is 7.66. The minimum absolute atomic E-state index is 0.0542. The zero-order chi connectivity index (χ0) is 30.4. The number of nitrogens with one attached hydrogen (secondary N) is 3. The second-order valence-corrected chi connectivity index (χ2v) is 12.4. The fourth-order valence-electron chi connectivity index (χ4n) is 5.08. The lowest BCUT2D eigenvalue weighted by Gasteiger charge is -2.35. The van der Waals surface area contributed by atoms with Crippen molar-refractivity contribution in [3.05, 3.63) is 23.1 Å². The number of aryl methyl sites for hydroxylation is 1. The molecule has 0 bridgehead atoms. The Bertz CT molecular complexity index is 1270. The molecule has 14 heteroatoms. The monoisotopic (exact) mass is 604 g/mol. The lowest BCUT2D eigenvalue weighted by atomic mass is 9.90. The van der Waals surface area contributed by atoms with Crippen LogP contribution in [0.3, 0.4) is 0 Å². The van der Waals surface area contributed by atoms with Crippen molar-refractivity contribution < 1.29 is 24.2 Å². The number of halogens is 1. The first-order valence-corrected chi connectivity index (χ1v) is 14.8. The summed E-state index contributed by atoms with van der Waals surface area (Å²) in [6.07, 6.45) is 7.65. The van der Waals surface area contributed by atoms with Crippen molar-refractivity contribution >= 4 is 35.6 Å². The number of carbonyl (C=O) groups excluding carboxylic acids is 2. The van der Waals surface area contributed by atoms with Crippen LogP contribution < -0.4 is 16.0 Å². The summed E-state index contributed by atoms with van der Waals surface area (Å²) >= 11 is 6.50. The van der Waals surface area contributed by atoms with Crippen molar-refractivity contribution in [2.75, 3.05) is 25.0 Å². The lowest BCUT2D eigenvalue weighted by Crippen LogP contribution is -2.48. The number of rotatable bonds is 11. The molecule has 0 spiro atoms. The van der Waals surface area contributed by atoms with Crippen LogP contribution in [0.4, 0.5) is 15.5 Å². The summed E-state index contributed by atoms with van der Waals surface area (Å²) in [5.41, 5.74) is 2.06. The van der Waals surface area contributed by atoms with Gasteiger partial charge < -0.3 is 25.8 Å². The maximum absolute atomic E-state index is 12.4. The van der Waals surface area contributed by atoms with Crippen molar-refractivity contribution in [2.24, 2.45) is 13.0 Å². The molecule has 2 aliphatic carbocycles. The van der Waals surface area contributed by atoms with Crippen LogP contribution in [0, 0.1) is 5.92 Å². The van der Waals surface area contributed by atoms with Crippen molar-refractivity contribution in [2.45, 2.75) is 83.4 Å². The molecule has 0 radical (unpaired) electrons. The molecule has 2 aromatic heterocycles. The number of ether oxygens (including phenoxy) is 1. The zero-order valence-electron chi connectivity index (χ0n) is 24.7. The fraction of sp³-hybridized carbons (Fsp3) is 0.643. The first-order chi connectivity index (χ1) is 19.9. The van der Waals surface area contributed by atoms with Crippen LogP contribution >= 0.6 is 11.6 Å². The second kappa shape index (κ2) is 13.6. The summed E-state index contributed by atoms with van der Waals surface area (Å²) in [6.45, 7) is 5.33. The molecule has 42 heavy (non-hydrogen) atoms. The molecule has 230 valence electrons. The summed E-state index contributed by atoms with van der Waals surface area (Å²) in [5.74, 6) is 0.723. The number of carboxylic acid groups (broad SMARTS) is 1. The minimum Gasteiger partial charge on any atom is -0.465 e. The first-order valence-electron chi connectivity index (χ1n) is 14.4. The molecule has 2 saturated carbocycles. The van der Waals surface area contributed by atoms with Crippen molar-refractivity contribution in [1.29, 1.82) is 0 Å². The molecule has 2 aliphatic rings. The van der Waals surface area contributed by atoms with Gasteiger partial charge in [0.2, 0.25) is 11.9 Å². The molecule has 0 atom stereocenters. The third kappa shape index (κ3) is 8.94. The van der Waals surface area contributed by atoms with Crippen LogP contribution in [0.2, 0.25) is 5.02 Å². The van der Waals surface area contributed by atoms with Gasteiger partial charge in [-0.05, 0) is 71.6 Å². The average Bonchev–Trinajstić information content (AvgIpc) is 3.67. The normalized spacial score (nSPS) is 18.7. The molecule has 0 saturated heterocycles. The van der Waals surface area contributed by atoms with Gasteiger partial charge in [-0.3, -0.25) is 14.4 Å². The highest BCUT2D eigenvalue weighted by molar-refractivity contribution is 6.33. The molecule has 3 amide bonds. The number of carbonyl (C=O) groups is 3. The molecule has 2 aromatic rings. The van der Waals surface area contributed by atoms with E-state index in [1.54, 1.807) is 33.2 Å². The Morgan fingerprint density at radius 3 is 2.43 bits per heavy atom. The highest BCUT2D eigenvalue weighted by Gasteiger charge is 2.31. The number of hydrogen-bond donors (Lipinski definition) is 4. The summed E-state index contributed by atoms with van der Waals surface area (Å²) in [5, 5.41) is 23.3. The predicted octanol–water partition coefficient (Wildman–Crippen LogP) is 3.83. The first kappa shape index (κ1) is 31.3. The Morgan fingerprint density at radius 2 is 1.79 bits per heavy atom. The minimum atomic E-state index is -1.14. The van der Waals surface area contributed by atoms with Gasteiger partial charge in [-0.25, -0.2) is 19.6 Å². The van der Waals surface area contributed by atoms with E-state index >= 15 is 0 Å². The standard InChI is InChI=1S/C28H41ClN8O5/c1-28(2,3)42-26(39)31-12-11-30-23(38)16-37(27(40)41)19-9-7-18(8-10-19)34-25-32-15-21(29)24(35-25)20-14-33-36(4)22(20)13-17-5-6-17/h14-15,17-19H,5-13,16H2,1-4H3,(H,30,38)(H,31,39)(H,40,41)(H,32,34,35). The van der Waals surface area contributed by atoms with E-state index in [9.17, 15) is 19.5 Å². The van der Waals surface area contributed by atoms with Gasteiger partial charge in [-0.2, -0.15) is 5.10 Å². The molecule has 0 aromatic carbocycles. The Morgan fingerprint density at radius 1 is 1.10 bits per heavy atom. The molecule has 4 N–H and O–H groups in total. The number of aromatic nitrogens is 4. The van der Waals surface area contributed by atoms with Gasteiger partial charge in [0, 0.05) is 43.5 Å². The van der Waals surface area contributed by atoms with E-state index in [0.29, 0.717) is 48.3 Å². The number of anilines is 1. The highest BCUT2D eigenvalue weighted by atomic mass is 35.5. The average molecular weight is 605 g/mol. The summed E-state index contributed by atoms with van der Waals surface area (Å²) in [6, 6.07) is -0.230. The van der Waals surface area contributed by atoms with Gasteiger partial charge in [0.1, 0.15) is 12.1 Å². The van der Waals surface area contributed by atoms with Crippen LogP contribution in [-0.4, -0.2) is 85.2 Å². The predicted molar refractivity (Wildman–Crippen MR) is 157 cm³/mol. The topological polar surface area (TPSA) is 164 Å². The zero-order valence-corrected chi connectivity index (χ0v) is 25.4. The highest BCUT2D eigenvalue weighted by Crippen LogP contribution is 2.37. The van der Waals surface area contributed by atoms with E-state index in [4.69, 9.17) is 21.3 Å². The van der Waals surface area contributed by atoms with E-state index in [1.807, 2.05) is 11.7 Å². The smallest absolute Gasteiger partial charge is 0.408 e. The van der Waals surface area contributed by atoms with Crippen molar-refractivity contribution in [1.82, 2.24) is 35.3 Å². The van der Waals surface area contributed by atoms with E-state index in [-0.39, 0.29) is 31.7 Å². The Labute approximate surface area is 250 Å². The van der Waals surface area contributed by atoms with Crippen LogP contribution in [0.25, 0.3) is 11.3 Å². The van der Waals surface area contributed by atoms with Gasteiger partial charge in [-0.1, -0.05) is 11.6 Å². The van der Waals surface area contributed by atoms with Gasteiger partial charge in [0.15, 0.2) is 0 Å². The molecule has 13 nitrogen and oxygen atoms in total. The van der Waals surface area contributed by atoms with E-state index < -0.39 is 23.7 Å². The van der Waals surface area contributed by atoms with E-state index in [0.717, 1.165) is 17.7 Å². The van der Waals surface area contributed by atoms with E-state index in [1.165, 1.54) is 17.7 Å². The summed E-state index contributed by atoms with van der Waals surface area (Å²) in [7, 11) is 1.93. The van der Waals surface area contributed by atoms with Gasteiger partial charge in [0.05, 0.1) is 23.1 Å². The Hall–Kier alpha value is -3.61. The molecule has 0 aliphatic heterocycles. The molecular weight excluding hydrogens is 564 g/mol. The van der Waals surface area contributed by atoms with Crippen LogP contribution in [-0.2, 0) is 23.0 Å². The van der Waals surface area contributed by atoms with Crippen molar-refractivity contribution in [3.8, 4) is 11.3 Å². The Balaban J connectivity index is 1.26. The quantitative estimate of drug-likeness (QED) is 0.279. The van der Waals surface area contributed by atoms with Gasteiger partial charge in [0.25, 0.3) is 0 Å². The number of alkyl carbamates (subject to hydrolysis) is 1. The molecule has 2 heterocycles. The van der Waals surface area contributed by atoms with Crippen LogP contribution in [0.5, 0.6) is 0 Å². The van der Waals surface area contributed by atoms with E-state index in [2.05, 4.69) is 26.0 Å². The second-order valence-electron chi connectivity index (χ2n) is 12.0. The number of hydrogen-bond acceptors (Lipinski definition) is 8. The number of nitrogens with zero attached hydrogens (tertiary/aromatic N) is 5. The molecular formula is C28H41ClN8O5. The lowest BCUT2D eigenvalue weighted by molar-refractivity contribution is -0.122. The Kier molecular flexibility index (Phi) is 10.1. The maximum Gasteiger partial charge on any atom is 0.408 e. The van der Waals surface area contributed by atoms with Crippen LogP contribution in [0.1, 0.15) is 65.0 Å². The largest absolute Gasteiger partial charge is 0.465 e. The van der Waals surface area contributed by atoms with Gasteiger partial charge in [-0.15, -0.1) is 0 Å². The summed E-state index contributed by atoms with van der Waals surface area (Å²) in [4.78, 5) is 46.4. The molecule has 0 unspecified atom stereocenters. The van der Waals surface area contributed by atoms with Gasteiger partial charge >= 0.3 is 12.2 Å². The van der Waals surface area contributed by atoms with Crippen molar-refractivity contribution in [3.63, 3.8) is 0 Å². The number of amides is 3. The molecule has 2 fully saturated rings. The third-order valence-electron chi connectivity index (χ3n) is 7.39. The summed E-state index contributed by atoms with van der Waals surface area (Å²) < 4.78 is 7.03.